The third-order valence-electron chi connectivity index (χ3n) is 5.27. The first kappa shape index (κ1) is 18.6. The second kappa shape index (κ2) is 8.12. The normalized spacial score (nSPS) is 14.7. The van der Waals surface area contributed by atoms with Crippen LogP contribution in [-0.4, -0.2) is 39.4 Å². The van der Waals surface area contributed by atoms with E-state index in [-0.39, 0.29) is 0 Å². The highest BCUT2D eigenvalue weighted by molar-refractivity contribution is 5.86. The molecule has 2 aromatic carbocycles. The number of benzene rings is 2. The summed E-state index contributed by atoms with van der Waals surface area (Å²) in [6.07, 6.45) is 1.94. The van der Waals surface area contributed by atoms with Crippen LogP contribution < -0.4 is 10.6 Å². The van der Waals surface area contributed by atoms with Crippen LogP contribution in [0.25, 0.3) is 22.2 Å². The number of aryl methyl sites for hydroxylation is 1. The highest BCUT2D eigenvalue weighted by Gasteiger charge is 2.16. The van der Waals surface area contributed by atoms with Crippen LogP contribution >= 0.6 is 0 Å². The van der Waals surface area contributed by atoms with Crippen molar-refractivity contribution in [3.05, 3.63) is 60.3 Å². The number of anilines is 3. The zero-order valence-corrected chi connectivity index (χ0v) is 16.9. The molecule has 1 saturated heterocycles. The Morgan fingerprint density at radius 3 is 2.50 bits per heavy atom. The Labute approximate surface area is 174 Å². The fourth-order valence-corrected chi connectivity index (χ4v) is 3.71. The first-order chi connectivity index (χ1) is 14.7. The molecule has 2 aromatic heterocycles. The lowest BCUT2D eigenvalue weighted by atomic mass is 10.1. The molecule has 0 saturated carbocycles. The van der Waals surface area contributed by atoms with Crippen molar-refractivity contribution in [1.29, 1.82) is 0 Å². The van der Waals surface area contributed by atoms with Gasteiger partial charge in [-0.05, 0) is 36.6 Å². The number of ether oxygens (including phenoxy) is 1. The first-order valence-electron chi connectivity index (χ1n) is 10.2. The Balaban J connectivity index is 1.51. The van der Waals surface area contributed by atoms with Gasteiger partial charge in [0, 0.05) is 42.6 Å². The van der Waals surface area contributed by atoms with Gasteiger partial charge in [-0.3, -0.25) is 5.10 Å². The van der Waals surface area contributed by atoms with Crippen molar-refractivity contribution in [2.45, 2.75) is 25.8 Å². The van der Waals surface area contributed by atoms with Gasteiger partial charge in [-0.15, -0.1) is 0 Å². The van der Waals surface area contributed by atoms with Gasteiger partial charge in [0.05, 0.1) is 0 Å². The maximum Gasteiger partial charge on any atom is 0.163 e. The third kappa shape index (κ3) is 4.11. The van der Waals surface area contributed by atoms with Gasteiger partial charge in [-0.1, -0.05) is 36.4 Å². The minimum Gasteiger partial charge on any atom is -0.381 e. The summed E-state index contributed by atoms with van der Waals surface area (Å²) in [7, 11) is 0. The highest BCUT2D eigenvalue weighted by atomic mass is 16.5. The number of aromatic nitrogens is 4. The Morgan fingerprint density at radius 1 is 0.900 bits per heavy atom. The van der Waals surface area contributed by atoms with E-state index in [9.17, 15) is 0 Å². The molecule has 0 unspecified atom stereocenters. The van der Waals surface area contributed by atoms with Gasteiger partial charge in [0.15, 0.2) is 11.6 Å². The molecule has 30 heavy (non-hydrogen) atoms. The number of H-pyrrole nitrogens is 1. The van der Waals surface area contributed by atoms with Crippen molar-refractivity contribution in [2.24, 2.45) is 0 Å². The quantitative estimate of drug-likeness (QED) is 0.451. The topological polar surface area (TPSA) is 87.8 Å². The number of hydrogen-bond acceptors (Lipinski definition) is 6. The van der Waals surface area contributed by atoms with E-state index >= 15 is 0 Å². The van der Waals surface area contributed by atoms with Crippen molar-refractivity contribution in [1.82, 2.24) is 20.2 Å². The van der Waals surface area contributed by atoms with Crippen LogP contribution in [0.5, 0.6) is 0 Å². The summed E-state index contributed by atoms with van der Waals surface area (Å²) in [5.74, 6) is 2.91. The van der Waals surface area contributed by atoms with E-state index in [1.807, 2.05) is 31.2 Å². The van der Waals surface area contributed by atoms with Crippen molar-refractivity contribution >= 4 is 28.2 Å². The Bertz CT molecular complexity index is 1170. The summed E-state index contributed by atoms with van der Waals surface area (Å²) >= 11 is 0. The van der Waals surface area contributed by atoms with Crippen molar-refractivity contribution < 1.29 is 4.74 Å². The highest BCUT2D eigenvalue weighted by Crippen LogP contribution is 2.26. The van der Waals surface area contributed by atoms with Crippen LogP contribution in [0.15, 0.2) is 54.6 Å². The second-order valence-corrected chi connectivity index (χ2v) is 7.62. The van der Waals surface area contributed by atoms with Gasteiger partial charge in [0.25, 0.3) is 0 Å². The Kier molecular flexibility index (Phi) is 5.03. The molecule has 0 bridgehead atoms. The molecule has 1 aliphatic heterocycles. The summed E-state index contributed by atoms with van der Waals surface area (Å²) < 4.78 is 5.48. The Morgan fingerprint density at radius 2 is 1.70 bits per heavy atom. The molecule has 1 aliphatic rings. The van der Waals surface area contributed by atoms with E-state index in [1.165, 1.54) is 10.8 Å². The minimum absolute atomic E-state index is 0.346. The fourth-order valence-electron chi connectivity index (χ4n) is 3.71. The van der Waals surface area contributed by atoms with Crippen LogP contribution in [0.3, 0.4) is 0 Å². The number of nitrogens with zero attached hydrogens (tertiary/aromatic N) is 3. The SMILES string of the molecule is Cc1cc(Nc2cc(NC3CCOCC3)nc(-c3ccc4ccccc4c3)n2)n[nH]1. The molecule has 0 radical (unpaired) electrons. The molecular formula is C23H24N6O. The van der Waals surface area contributed by atoms with Crippen LogP contribution in [-0.2, 0) is 4.74 Å². The smallest absolute Gasteiger partial charge is 0.163 e. The molecule has 3 N–H and O–H groups in total. The number of aromatic amines is 1. The van der Waals surface area contributed by atoms with E-state index < -0.39 is 0 Å². The van der Waals surface area contributed by atoms with Crippen LogP contribution in [0.1, 0.15) is 18.5 Å². The van der Waals surface area contributed by atoms with E-state index in [1.54, 1.807) is 0 Å². The molecular weight excluding hydrogens is 376 g/mol. The summed E-state index contributed by atoms with van der Waals surface area (Å²) in [6, 6.07) is 18.8. The van der Waals surface area contributed by atoms with E-state index in [4.69, 9.17) is 14.7 Å². The number of rotatable bonds is 5. The van der Waals surface area contributed by atoms with Crippen molar-refractivity contribution in [3.63, 3.8) is 0 Å². The second-order valence-electron chi connectivity index (χ2n) is 7.62. The first-order valence-corrected chi connectivity index (χ1v) is 10.2. The summed E-state index contributed by atoms with van der Waals surface area (Å²) in [6.45, 7) is 3.52. The number of hydrogen-bond donors (Lipinski definition) is 3. The van der Waals surface area contributed by atoms with Crippen molar-refractivity contribution in [3.8, 4) is 11.4 Å². The average molecular weight is 400 g/mol. The minimum atomic E-state index is 0.346. The van der Waals surface area contributed by atoms with Gasteiger partial charge < -0.3 is 15.4 Å². The zero-order chi connectivity index (χ0) is 20.3. The largest absolute Gasteiger partial charge is 0.381 e. The van der Waals surface area contributed by atoms with E-state index in [0.29, 0.717) is 17.7 Å². The molecule has 0 aliphatic carbocycles. The average Bonchev–Trinajstić information content (AvgIpc) is 3.18. The number of fused-ring (bicyclic) bond motifs is 1. The summed E-state index contributed by atoms with van der Waals surface area (Å²) in [4.78, 5) is 9.59. The Hall–Kier alpha value is -3.45. The van der Waals surface area contributed by atoms with Gasteiger partial charge in [0.2, 0.25) is 0 Å². The standard InChI is InChI=1S/C23H24N6O/c1-15-12-22(29-28-15)25-21-14-20(24-19-8-10-30-11-9-19)26-23(27-21)18-7-6-16-4-2-3-5-17(16)13-18/h2-7,12-14,19H,8-11H2,1H3,(H3,24,25,26,27,28,29). The van der Waals surface area contributed by atoms with Crippen LogP contribution in [0.2, 0.25) is 0 Å². The predicted octanol–water partition coefficient (Wildman–Crippen LogP) is 4.66. The lowest BCUT2D eigenvalue weighted by molar-refractivity contribution is 0.0904. The predicted molar refractivity (Wildman–Crippen MR) is 119 cm³/mol. The van der Waals surface area contributed by atoms with Gasteiger partial charge >= 0.3 is 0 Å². The van der Waals surface area contributed by atoms with E-state index in [0.717, 1.165) is 48.9 Å². The lowest BCUT2D eigenvalue weighted by Crippen LogP contribution is -2.28. The molecule has 4 aromatic rings. The maximum absolute atomic E-state index is 5.48. The maximum atomic E-state index is 5.48. The molecule has 152 valence electrons. The molecule has 5 rings (SSSR count). The molecule has 7 heteroatoms. The molecule has 1 fully saturated rings. The molecule has 0 spiro atoms. The monoisotopic (exact) mass is 400 g/mol. The van der Waals surface area contributed by atoms with Gasteiger partial charge in [0.1, 0.15) is 11.6 Å². The van der Waals surface area contributed by atoms with Gasteiger partial charge in [-0.25, -0.2) is 9.97 Å². The molecule has 0 amide bonds. The zero-order valence-electron chi connectivity index (χ0n) is 16.9. The fraction of sp³-hybridized carbons (Fsp3) is 0.261. The third-order valence-corrected chi connectivity index (χ3v) is 5.27. The van der Waals surface area contributed by atoms with Crippen LogP contribution in [0.4, 0.5) is 17.5 Å². The summed E-state index contributed by atoms with van der Waals surface area (Å²) in [5, 5.41) is 16.4. The van der Waals surface area contributed by atoms with Gasteiger partial charge in [-0.2, -0.15) is 5.10 Å². The molecule has 0 atom stereocenters. The summed E-state index contributed by atoms with van der Waals surface area (Å²) in [5.41, 5.74) is 1.97. The number of nitrogens with one attached hydrogen (secondary N) is 3. The molecule has 7 nitrogen and oxygen atoms in total. The molecule has 3 heterocycles. The van der Waals surface area contributed by atoms with E-state index in [2.05, 4.69) is 51.2 Å². The lowest BCUT2D eigenvalue weighted by Gasteiger charge is -2.24. The van der Waals surface area contributed by atoms with Crippen molar-refractivity contribution in [2.75, 3.05) is 23.8 Å². The van der Waals surface area contributed by atoms with Crippen LogP contribution in [0, 0.1) is 6.92 Å².